The Kier molecular flexibility index (Phi) is 7.28. The van der Waals surface area contributed by atoms with Crippen LogP contribution in [0.5, 0.6) is 0 Å². The summed E-state index contributed by atoms with van der Waals surface area (Å²) in [5, 5.41) is 2.02. The van der Waals surface area contributed by atoms with E-state index in [9.17, 15) is 0 Å². The topological polar surface area (TPSA) is 33.0 Å². The molecule has 1 aliphatic heterocycles. The van der Waals surface area contributed by atoms with Crippen LogP contribution >= 0.6 is 34.8 Å². The molecule has 0 saturated carbocycles. The van der Waals surface area contributed by atoms with Crippen LogP contribution < -0.4 is 4.90 Å². The predicted octanol–water partition coefficient (Wildman–Crippen LogP) is 6.33. The van der Waals surface area contributed by atoms with Crippen molar-refractivity contribution in [3.8, 4) is 0 Å². The molecular weight excluding hydrogens is 491 g/mol. The van der Waals surface area contributed by atoms with Crippen molar-refractivity contribution >= 4 is 46.1 Å². The molecule has 0 unspecified atom stereocenters. The molecule has 0 aliphatic carbocycles. The van der Waals surface area contributed by atoms with Gasteiger partial charge < -0.3 is 9.64 Å². The molecule has 0 spiro atoms. The normalized spacial score (nSPS) is 14.7. The Bertz CT molecular complexity index is 1270. The molecule has 0 N–H and O–H groups in total. The fraction of sp³-hybridized carbons (Fsp3) is 0.269. The maximum absolute atomic E-state index is 6.42. The highest BCUT2D eigenvalue weighted by Crippen LogP contribution is 2.30. The Hall–Kier alpha value is -2.28. The lowest BCUT2D eigenvalue weighted by Gasteiger charge is -2.36. The number of halogens is 3. The first-order valence-corrected chi connectivity index (χ1v) is 12.4. The Balaban J connectivity index is 1.29. The molecule has 2 aromatic heterocycles. The summed E-state index contributed by atoms with van der Waals surface area (Å²) in [5.74, 6) is 0. The molecule has 2 aromatic carbocycles. The molecule has 3 heterocycles. The highest BCUT2D eigenvalue weighted by Gasteiger charge is 2.22. The maximum Gasteiger partial charge on any atom is 0.137 e. The number of piperazine rings is 1. The van der Waals surface area contributed by atoms with Gasteiger partial charge in [-0.3, -0.25) is 9.30 Å². The third kappa shape index (κ3) is 5.35. The number of benzene rings is 2. The summed E-state index contributed by atoms with van der Waals surface area (Å²) in [6.07, 6.45) is 1.91. The number of ether oxygens (including phenoxy) is 1. The van der Waals surface area contributed by atoms with E-state index in [1.807, 2.05) is 53.1 Å². The first kappa shape index (κ1) is 23.5. The van der Waals surface area contributed by atoms with E-state index in [1.54, 1.807) is 6.07 Å². The lowest BCUT2D eigenvalue weighted by atomic mass is 10.2. The van der Waals surface area contributed by atoms with Crippen LogP contribution in [0.15, 0.2) is 66.9 Å². The van der Waals surface area contributed by atoms with Crippen molar-refractivity contribution in [1.29, 1.82) is 0 Å². The molecule has 1 saturated heterocycles. The number of imidazole rings is 1. The Morgan fingerprint density at radius 3 is 2.35 bits per heavy atom. The van der Waals surface area contributed by atoms with Crippen molar-refractivity contribution in [3.05, 3.63) is 98.9 Å². The van der Waals surface area contributed by atoms with Gasteiger partial charge in [-0.05, 0) is 35.9 Å². The summed E-state index contributed by atoms with van der Waals surface area (Å²) in [6, 6.07) is 19.7. The Labute approximate surface area is 214 Å². The summed E-state index contributed by atoms with van der Waals surface area (Å²) in [4.78, 5) is 9.64. The quantitative estimate of drug-likeness (QED) is 0.288. The van der Waals surface area contributed by atoms with Gasteiger partial charge in [0.05, 0.1) is 40.3 Å². The molecule has 0 amide bonds. The van der Waals surface area contributed by atoms with Crippen molar-refractivity contribution in [2.24, 2.45) is 0 Å². The van der Waals surface area contributed by atoms with Gasteiger partial charge in [0, 0.05) is 43.9 Å². The van der Waals surface area contributed by atoms with Gasteiger partial charge in [-0.1, -0.05) is 65.1 Å². The second-order valence-electron chi connectivity index (χ2n) is 8.42. The number of anilines is 1. The Morgan fingerprint density at radius 2 is 1.59 bits per heavy atom. The molecule has 8 heteroatoms. The molecular formula is C26H25Cl3N4O. The minimum Gasteiger partial charge on any atom is -0.370 e. The largest absolute Gasteiger partial charge is 0.370 e. The van der Waals surface area contributed by atoms with Crippen LogP contribution in [0.25, 0.3) is 5.65 Å². The van der Waals surface area contributed by atoms with Gasteiger partial charge in [0.1, 0.15) is 5.65 Å². The third-order valence-electron chi connectivity index (χ3n) is 6.11. The molecule has 1 fully saturated rings. The van der Waals surface area contributed by atoms with Crippen molar-refractivity contribution in [3.63, 3.8) is 0 Å². The fourth-order valence-corrected chi connectivity index (χ4v) is 5.02. The van der Waals surface area contributed by atoms with Gasteiger partial charge in [0.2, 0.25) is 0 Å². The Morgan fingerprint density at radius 1 is 0.824 bits per heavy atom. The van der Waals surface area contributed by atoms with E-state index in [-0.39, 0.29) is 0 Å². The van der Waals surface area contributed by atoms with E-state index in [0.29, 0.717) is 28.3 Å². The number of pyridine rings is 1. The molecule has 34 heavy (non-hydrogen) atoms. The van der Waals surface area contributed by atoms with Gasteiger partial charge >= 0.3 is 0 Å². The standard InChI is InChI=1S/C26H25Cl3N4O/c27-20-6-8-24(22(29)14-20)32-12-10-31(11-13-32)16-23-25(18-34-17-19-4-2-1-3-5-19)33-15-21(28)7-9-26(33)30-23/h1-9,14-15H,10-13,16-18H2. The number of nitrogens with zero attached hydrogens (tertiary/aromatic N) is 4. The van der Waals surface area contributed by atoms with Crippen molar-refractivity contribution < 1.29 is 4.74 Å². The highest BCUT2D eigenvalue weighted by molar-refractivity contribution is 6.36. The van der Waals surface area contributed by atoms with Crippen LogP contribution in [0.4, 0.5) is 5.69 Å². The lowest BCUT2D eigenvalue weighted by Crippen LogP contribution is -2.46. The molecule has 5 nitrogen and oxygen atoms in total. The first-order chi connectivity index (χ1) is 16.6. The second-order valence-corrected chi connectivity index (χ2v) is 9.70. The average molecular weight is 516 g/mol. The van der Waals surface area contributed by atoms with E-state index < -0.39 is 0 Å². The molecule has 1 aliphatic rings. The van der Waals surface area contributed by atoms with Crippen molar-refractivity contribution in [2.45, 2.75) is 19.8 Å². The van der Waals surface area contributed by atoms with E-state index in [0.717, 1.165) is 61.0 Å². The van der Waals surface area contributed by atoms with Crippen LogP contribution in [0.2, 0.25) is 15.1 Å². The van der Waals surface area contributed by atoms with Crippen LogP contribution in [0.1, 0.15) is 17.0 Å². The molecule has 0 bridgehead atoms. The van der Waals surface area contributed by atoms with Gasteiger partial charge in [0.25, 0.3) is 0 Å². The summed E-state index contributed by atoms with van der Waals surface area (Å²) >= 11 is 18.8. The van der Waals surface area contributed by atoms with E-state index in [2.05, 4.69) is 21.9 Å². The minimum atomic E-state index is 0.464. The van der Waals surface area contributed by atoms with Crippen LogP contribution in [0.3, 0.4) is 0 Å². The number of rotatable bonds is 7. The molecule has 0 radical (unpaired) electrons. The first-order valence-electron chi connectivity index (χ1n) is 11.3. The zero-order valence-corrected chi connectivity index (χ0v) is 20.9. The molecule has 4 aromatic rings. The highest BCUT2D eigenvalue weighted by atomic mass is 35.5. The van der Waals surface area contributed by atoms with Crippen molar-refractivity contribution in [2.75, 3.05) is 31.1 Å². The van der Waals surface area contributed by atoms with Gasteiger partial charge in [-0.25, -0.2) is 4.98 Å². The zero-order chi connectivity index (χ0) is 23.5. The maximum atomic E-state index is 6.42. The smallest absolute Gasteiger partial charge is 0.137 e. The fourth-order valence-electron chi connectivity index (χ4n) is 4.33. The number of hydrogen-bond acceptors (Lipinski definition) is 4. The SMILES string of the molecule is Clc1ccc(N2CCN(Cc3nc4ccc(Cl)cn4c3COCc3ccccc3)CC2)c(Cl)c1. The monoisotopic (exact) mass is 514 g/mol. The lowest BCUT2D eigenvalue weighted by molar-refractivity contribution is 0.102. The zero-order valence-electron chi connectivity index (χ0n) is 18.6. The van der Waals surface area contributed by atoms with Crippen molar-refractivity contribution in [1.82, 2.24) is 14.3 Å². The molecule has 176 valence electrons. The summed E-state index contributed by atoms with van der Waals surface area (Å²) in [5.41, 5.74) is 5.12. The number of fused-ring (bicyclic) bond motifs is 1. The van der Waals surface area contributed by atoms with Gasteiger partial charge in [-0.2, -0.15) is 0 Å². The third-order valence-corrected chi connectivity index (χ3v) is 6.87. The summed E-state index contributed by atoms with van der Waals surface area (Å²) in [6.45, 7) is 5.38. The van der Waals surface area contributed by atoms with Gasteiger partial charge in [0.15, 0.2) is 0 Å². The van der Waals surface area contributed by atoms with E-state index in [1.165, 1.54) is 0 Å². The predicted molar refractivity (Wildman–Crippen MR) is 139 cm³/mol. The van der Waals surface area contributed by atoms with E-state index >= 15 is 0 Å². The minimum absolute atomic E-state index is 0.464. The number of hydrogen-bond donors (Lipinski definition) is 0. The van der Waals surface area contributed by atoms with Crippen LogP contribution in [-0.4, -0.2) is 40.5 Å². The number of aromatic nitrogens is 2. The van der Waals surface area contributed by atoms with Gasteiger partial charge in [-0.15, -0.1) is 0 Å². The molecule has 5 rings (SSSR count). The summed E-state index contributed by atoms with van der Waals surface area (Å²) in [7, 11) is 0. The summed E-state index contributed by atoms with van der Waals surface area (Å²) < 4.78 is 8.13. The van der Waals surface area contributed by atoms with Crippen LogP contribution in [-0.2, 0) is 24.5 Å². The van der Waals surface area contributed by atoms with Crippen LogP contribution in [0, 0.1) is 0 Å². The van der Waals surface area contributed by atoms with E-state index in [4.69, 9.17) is 44.5 Å². The molecule has 0 atom stereocenters. The second kappa shape index (κ2) is 10.5. The average Bonchev–Trinajstić information content (AvgIpc) is 3.17.